The highest BCUT2D eigenvalue weighted by Crippen LogP contribution is 2.39. The average Bonchev–Trinajstić information content (AvgIpc) is 3.51. The van der Waals surface area contributed by atoms with Gasteiger partial charge in [-0.3, -0.25) is 24.5 Å². The monoisotopic (exact) mass is 784 g/mol. The van der Waals surface area contributed by atoms with Gasteiger partial charge in [0.05, 0.1) is 24.7 Å². The lowest BCUT2D eigenvalue weighted by Gasteiger charge is -2.36. The van der Waals surface area contributed by atoms with Gasteiger partial charge < -0.3 is 34.6 Å². The van der Waals surface area contributed by atoms with Crippen LogP contribution in [0.2, 0.25) is 5.02 Å². The molecule has 55 heavy (non-hydrogen) atoms. The van der Waals surface area contributed by atoms with Crippen LogP contribution in [0.5, 0.6) is 5.75 Å². The molecule has 1 aromatic heterocycles. The molecule has 0 bridgehead atoms. The Bertz CT molecular complexity index is 2220. The third-order valence-electron chi connectivity index (χ3n) is 10.2. The van der Waals surface area contributed by atoms with E-state index in [9.17, 15) is 23.7 Å². The van der Waals surface area contributed by atoms with E-state index in [2.05, 4.69) is 30.8 Å². The first kappa shape index (κ1) is 37.8. The number of halogens is 1. The number of fused-ring (bicyclic) bond motifs is 1. The second-order valence-electron chi connectivity index (χ2n) is 14.1. The molecule has 3 aromatic carbocycles. The molecule has 16 heteroatoms. The summed E-state index contributed by atoms with van der Waals surface area (Å²) in [6, 6.07) is 18.0. The first-order valence-electron chi connectivity index (χ1n) is 18.1. The molecule has 7 rings (SSSR count). The molecule has 1 atom stereocenters. The SMILES string of the molecule is COc1cc(N2CCN(C(=O)CCc3cccc4c3CN(C3CCC(=O)NC3=O)C4=O)CC2)ccc1Nc1ncc(Cl)c(Nc2ccccc2P(C)(C)=O)n1. The summed E-state index contributed by atoms with van der Waals surface area (Å²) in [5.74, 6) is 0.285. The van der Waals surface area contributed by atoms with Crippen molar-refractivity contribution in [2.24, 2.45) is 0 Å². The van der Waals surface area contributed by atoms with Crippen molar-refractivity contribution in [3.63, 3.8) is 0 Å². The molecule has 2 saturated heterocycles. The number of aromatic nitrogens is 2. The molecule has 1 unspecified atom stereocenters. The fraction of sp³-hybridized carbons (Fsp3) is 0.333. The van der Waals surface area contributed by atoms with Crippen molar-refractivity contribution in [2.45, 2.75) is 38.3 Å². The van der Waals surface area contributed by atoms with Crippen molar-refractivity contribution in [2.75, 3.05) is 62.2 Å². The number of anilines is 5. The number of nitrogens with zero attached hydrogens (tertiary/aromatic N) is 5. The van der Waals surface area contributed by atoms with Crippen molar-refractivity contribution >= 4 is 76.5 Å². The third kappa shape index (κ3) is 8.16. The van der Waals surface area contributed by atoms with Crippen molar-refractivity contribution in [3.05, 3.63) is 88.6 Å². The smallest absolute Gasteiger partial charge is 0.255 e. The Kier molecular flexibility index (Phi) is 10.8. The van der Waals surface area contributed by atoms with E-state index in [0.717, 1.165) is 16.8 Å². The zero-order valence-electron chi connectivity index (χ0n) is 30.8. The van der Waals surface area contributed by atoms with Gasteiger partial charge in [-0.2, -0.15) is 4.98 Å². The number of nitrogens with one attached hydrogen (secondary N) is 3. The van der Waals surface area contributed by atoms with Crippen LogP contribution in [0.15, 0.2) is 66.9 Å². The number of piperidine rings is 1. The molecule has 0 spiro atoms. The molecule has 4 aromatic rings. The zero-order chi connectivity index (χ0) is 38.9. The lowest BCUT2D eigenvalue weighted by Crippen LogP contribution is -2.52. The van der Waals surface area contributed by atoms with Gasteiger partial charge in [0.1, 0.15) is 24.0 Å². The summed E-state index contributed by atoms with van der Waals surface area (Å²) in [4.78, 5) is 65.2. The highest BCUT2D eigenvalue weighted by atomic mass is 35.5. The van der Waals surface area contributed by atoms with Crippen molar-refractivity contribution in [1.29, 1.82) is 0 Å². The molecule has 14 nitrogen and oxygen atoms in total. The first-order chi connectivity index (χ1) is 26.4. The second kappa shape index (κ2) is 15.7. The summed E-state index contributed by atoms with van der Waals surface area (Å²) in [6.45, 7) is 6.09. The number of benzene rings is 3. The van der Waals surface area contributed by atoms with E-state index in [1.807, 2.05) is 59.5 Å². The Balaban J connectivity index is 0.949. The van der Waals surface area contributed by atoms with E-state index in [1.165, 1.54) is 11.1 Å². The number of piperazine rings is 1. The van der Waals surface area contributed by atoms with Crippen molar-refractivity contribution in [1.82, 2.24) is 25.1 Å². The fourth-order valence-electron chi connectivity index (χ4n) is 7.29. The lowest BCUT2D eigenvalue weighted by molar-refractivity contribution is -0.137. The Morgan fingerprint density at radius 1 is 1.00 bits per heavy atom. The van der Waals surface area contributed by atoms with Crippen LogP contribution in [-0.4, -0.2) is 96.1 Å². The summed E-state index contributed by atoms with van der Waals surface area (Å²) < 4.78 is 18.6. The van der Waals surface area contributed by atoms with Crippen LogP contribution in [0.4, 0.5) is 28.8 Å². The second-order valence-corrected chi connectivity index (χ2v) is 17.7. The minimum absolute atomic E-state index is 0.0412. The number of hydrogen-bond donors (Lipinski definition) is 3. The molecule has 4 amide bonds. The van der Waals surface area contributed by atoms with Gasteiger partial charge in [0.2, 0.25) is 23.7 Å². The van der Waals surface area contributed by atoms with Crippen LogP contribution in [-0.2, 0) is 31.9 Å². The number of carbonyl (C=O) groups is 4. The number of para-hydroxylation sites is 1. The summed E-state index contributed by atoms with van der Waals surface area (Å²) in [5.41, 5.74) is 4.55. The molecule has 3 aliphatic heterocycles. The number of aryl methyl sites for hydroxylation is 1. The van der Waals surface area contributed by atoms with Gasteiger partial charge in [-0.15, -0.1) is 0 Å². The maximum absolute atomic E-state index is 13.4. The van der Waals surface area contributed by atoms with Gasteiger partial charge in [0, 0.05) is 68.2 Å². The molecule has 3 aliphatic rings. The van der Waals surface area contributed by atoms with Gasteiger partial charge in [0.25, 0.3) is 5.91 Å². The standard InChI is InChI=1S/C39H42ClN8O6P/c1-54-32-21-25(12-13-29(32)43-39-41-22-28(40)36(45-39)42-30-9-4-5-10-33(30)55(2,3)53)46-17-19-47(20-18-46)35(50)16-11-24-7-6-8-26-27(24)23-48(38(26)52)31-14-15-34(49)44-37(31)51/h4-10,12-13,21-22,31H,11,14-20,23H2,1-3H3,(H,44,49,51)(H2,41,42,43,45). The Morgan fingerprint density at radius 2 is 1.78 bits per heavy atom. The molecule has 0 saturated carbocycles. The zero-order valence-corrected chi connectivity index (χ0v) is 32.5. The van der Waals surface area contributed by atoms with E-state index in [1.54, 1.807) is 26.5 Å². The summed E-state index contributed by atoms with van der Waals surface area (Å²) >= 11 is 6.45. The van der Waals surface area contributed by atoms with E-state index >= 15 is 0 Å². The number of carbonyl (C=O) groups excluding carboxylic acids is 4. The van der Waals surface area contributed by atoms with E-state index < -0.39 is 19.1 Å². The molecule has 0 radical (unpaired) electrons. The fourth-order valence-corrected chi connectivity index (χ4v) is 8.58. The average molecular weight is 785 g/mol. The van der Waals surface area contributed by atoms with Crippen LogP contribution in [0.1, 0.15) is 40.7 Å². The van der Waals surface area contributed by atoms with Gasteiger partial charge in [-0.25, -0.2) is 4.98 Å². The minimum atomic E-state index is -2.57. The largest absolute Gasteiger partial charge is 0.494 e. The van der Waals surface area contributed by atoms with Gasteiger partial charge in [0.15, 0.2) is 5.82 Å². The number of imide groups is 1. The highest BCUT2D eigenvalue weighted by molar-refractivity contribution is 7.70. The Labute approximate surface area is 324 Å². The van der Waals surface area contributed by atoms with E-state index in [0.29, 0.717) is 84.3 Å². The highest BCUT2D eigenvalue weighted by Gasteiger charge is 2.39. The molecule has 2 fully saturated rings. The molecule has 0 aliphatic carbocycles. The maximum Gasteiger partial charge on any atom is 0.255 e. The Hall–Kier alpha value is -5.46. The Morgan fingerprint density at radius 3 is 2.53 bits per heavy atom. The molecular formula is C39H42ClN8O6P. The topological polar surface area (TPSA) is 166 Å². The molecule has 286 valence electrons. The normalized spacial score (nSPS) is 17.2. The van der Waals surface area contributed by atoms with Crippen LogP contribution >= 0.6 is 18.7 Å². The number of rotatable bonds is 11. The number of amides is 4. The summed E-state index contributed by atoms with van der Waals surface area (Å²) in [7, 11) is -0.981. The van der Waals surface area contributed by atoms with Crippen LogP contribution in [0.3, 0.4) is 0 Å². The van der Waals surface area contributed by atoms with E-state index in [4.69, 9.17) is 16.3 Å². The van der Waals surface area contributed by atoms with Crippen molar-refractivity contribution < 1.29 is 28.5 Å². The van der Waals surface area contributed by atoms with E-state index in [-0.39, 0.29) is 36.6 Å². The predicted molar refractivity (Wildman–Crippen MR) is 212 cm³/mol. The predicted octanol–water partition coefficient (Wildman–Crippen LogP) is 4.92. The lowest BCUT2D eigenvalue weighted by atomic mass is 9.99. The minimum Gasteiger partial charge on any atom is -0.494 e. The molecule has 4 heterocycles. The molecular weight excluding hydrogens is 743 g/mol. The summed E-state index contributed by atoms with van der Waals surface area (Å²) in [5, 5.41) is 9.77. The number of hydrogen-bond acceptors (Lipinski definition) is 11. The maximum atomic E-state index is 13.4. The van der Waals surface area contributed by atoms with Gasteiger partial charge in [-0.05, 0) is 67.6 Å². The third-order valence-corrected chi connectivity index (χ3v) is 12.0. The number of ether oxygens (including phenoxy) is 1. The summed E-state index contributed by atoms with van der Waals surface area (Å²) in [6.07, 6.45) is 2.77. The first-order valence-corrected chi connectivity index (χ1v) is 21.0. The van der Waals surface area contributed by atoms with Crippen LogP contribution < -0.4 is 30.9 Å². The van der Waals surface area contributed by atoms with Crippen molar-refractivity contribution in [3.8, 4) is 5.75 Å². The van der Waals surface area contributed by atoms with Crippen LogP contribution in [0.25, 0.3) is 0 Å². The van der Waals surface area contributed by atoms with Gasteiger partial charge >= 0.3 is 0 Å². The van der Waals surface area contributed by atoms with Gasteiger partial charge in [-0.1, -0.05) is 35.9 Å². The quantitative estimate of drug-likeness (QED) is 0.140. The molecule has 3 N–H and O–H groups in total. The number of methoxy groups -OCH3 is 1. The van der Waals surface area contributed by atoms with Crippen LogP contribution in [0, 0.1) is 0 Å².